The van der Waals surface area contributed by atoms with E-state index in [1.165, 1.54) is 23.9 Å². The Balaban J connectivity index is 2.31. The lowest BCUT2D eigenvalue weighted by molar-refractivity contribution is 0.402. The first kappa shape index (κ1) is 20.8. The maximum atomic E-state index is 14.2. The molecule has 1 aromatic heterocycles. The summed E-state index contributed by atoms with van der Waals surface area (Å²) in [5.74, 6) is -2.56. The van der Waals surface area contributed by atoms with Crippen molar-refractivity contribution in [2.24, 2.45) is 0 Å². The van der Waals surface area contributed by atoms with E-state index in [-0.39, 0.29) is 10.9 Å². The minimum atomic E-state index is -4.37. The van der Waals surface area contributed by atoms with Gasteiger partial charge in [0.1, 0.15) is 22.3 Å². The Morgan fingerprint density at radius 3 is 2.25 bits per heavy atom. The maximum absolute atomic E-state index is 14.2. The number of thioether (sulfide) groups is 1. The number of benzene rings is 2. The molecule has 1 atom stereocenters. The van der Waals surface area contributed by atoms with Gasteiger partial charge in [0.05, 0.1) is 10.9 Å². The lowest BCUT2D eigenvalue weighted by Crippen LogP contribution is -2.21. The smallest absolute Gasteiger partial charge is 0.271 e. The van der Waals surface area contributed by atoms with Crippen LogP contribution in [0.25, 0.3) is 10.9 Å². The molecule has 2 aromatic carbocycles. The van der Waals surface area contributed by atoms with Gasteiger partial charge >= 0.3 is 0 Å². The summed E-state index contributed by atoms with van der Waals surface area (Å²) in [5, 5.41) is 0.397. The Bertz CT molecular complexity index is 1160. The van der Waals surface area contributed by atoms with Crippen molar-refractivity contribution in [1.82, 2.24) is 8.87 Å². The van der Waals surface area contributed by atoms with E-state index in [1.807, 2.05) is 25.9 Å². The summed E-state index contributed by atoms with van der Waals surface area (Å²) in [6, 6.07) is 6.07. The molecule has 3 aromatic rings. The van der Waals surface area contributed by atoms with E-state index in [4.69, 9.17) is 0 Å². The SMILES string of the molecule is Cc1c(SC(C)N(C)C)c2cc(F)ccc2n1S(=O)(=O)c1ccc(F)cc1F. The molecular formula is C19H19F3N2O2S2. The molecule has 4 nitrogen and oxygen atoms in total. The van der Waals surface area contributed by atoms with Gasteiger partial charge in [0.15, 0.2) is 0 Å². The van der Waals surface area contributed by atoms with Gasteiger partial charge in [0.25, 0.3) is 10.0 Å². The van der Waals surface area contributed by atoms with Gasteiger partial charge in [-0.05, 0) is 58.3 Å². The van der Waals surface area contributed by atoms with Crippen LogP contribution < -0.4 is 0 Å². The minimum absolute atomic E-state index is 0.0220. The summed E-state index contributed by atoms with van der Waals surface area (Å²) in [4.78, 5) is 1.87. The number of hydrogen-bond acceptors (Lipinski definition) is 4. The van der Waals surface area contributed by atoms with E-state index in [9.17, 15) is 21.6 Å². The molecule has 0 saturated heterocycles. The van der Waals surface area contributed by atoms with E-state index in [0.717, 1.165) is 22.2 Å². The number of hydrogen-bond donors (Lipinski definition) is 0. The molecule has 0 radical (unpaired) electrons. The fourth-order valence-electron chi connectivity index (χ4n) is 2.85. The number of fused-ring (bicyclic) bond motifs is 1. The molecule has 3 rings (SSSR count). The van der Waals surface area contributed by atoms with E-state index in [2.05, 4.69) is 0 Å². The van der Waals surface area contributed by atoms with Crippen LogP contribution in [0.15, 0.2) is 46.2 Å². The molecular weight excluding hydrogens is 409 g/mol. The molecule has 0 amide bonds. The molecule has 0 N–H and O–H groups in total. The molecule has 0 spiro atoms. The first-order chi connectivity index (χ1) is 13.0. The first-order valence-corrected chi connectivity index (χ1v) is 10.7. The van der Waals surface area contributed by atoms with Gasteiger partial charge in [0, 0.05) is 22.0 Å². The predicted molar refractivity (Wildman–Crippen MR) is 105 cm³/mol. The monoisotopic (exact) mass is 428 g/mol. The van der Waals surface area contributed by atoms with Gasteiger partial charge in [-0.2, -0.15) is 0 Å². The number of nitrogens with zero attached hydrogens (tertiary/aromatic N) is 2. The van der Waals surface area contributed by atoms with Crippen molar-refractivity contribution in [2.75, 3.05) is 14.1 Å². The molecule has 1 unspecified atom stereocenters. The third-order valence-corrected chi connectivity index (χ3v) is 7.84. The molecule has 0 bridgehead atoms. The van der Waals surface area contributed by atoms with E-state index in [1.54, 1.807) is 6.92 Å². The average molecular weight is 429 g/mol. The molecule has 0 aliphatic carbocycles. The van der Waals surface area contributed by atoms with Gasteiger partial charge in [-0.1, -0.05) is 0 Å². The zero-order valence-corrected chi connectivity index (χ0v) is 17.3. The van der Waals surface area contributed by atoms with Crippen LogP contribution in [-0.2, 0) is 10.0 Å². The van der Waals surface area contributed by atoms with Crippen LogP contribution in [0, 0.1) is 24.4 Å². The van der Waals surface area contributed by atoms with Crippen molar-refractivity contribution in [3.8, 4) is 0 Å². The Morgan fingerprint density at radius 1 is 1.04 bits per heavy atom. The molecule has 0 aliphatic rings. The Labute approximate surface area is 166 Å². The van der Waals surface area contributed by atoms with Crippen molar-refractivity contribution in [2.45, 2.75) is 29.0 Å². The lowest BCUT2D eigenvalue weighted by atomic mass is 10.2. The maximum Gasteiger partial charge on any atom is 0.271 e. The van der Waals surface area contributed by atoms with Crippen LogP contribution in [0.3, 0.4) is 0 Å². The summed E-state index contributed by atoms with van der Waals surface area (Å²) in [6.45, 7) is 3.52. The zero-order chi connectivity index (χ0) is 20.8. The zero-order valence-electron chi connectivity index (χ0n) is 15.7. The summed E-state index contributed by atoms with van der Waals surface area (Å²) in [6.07, 6.45) is 0. The Kier molecular flexibility index (Phi) is 5.53. The topological polar surface area (TPSA) is 42.3 Å². The normalized spacial score (nSPS) is 13.4. The van der Waals surface area contributed by atoms with Crippen molar-refractivity contribution in [1.29, 1.82) is 0 Å². The van der Waals surface area contributed by atoms with Crippen LogP contribution in [0.2, 0.25) is 0 Å². The molecule has 1 heterocycles. The van der Waals surface area contributed by atoms with Crippen LogP contribution in [-0.4, -0.2) is 36.8 Å². The third-order valence-electron chi connectivity index (χ3n) is 4.48. The van der Waals surface area contributed by atoms with Crippen molar-refractivity contribution in [3.63, 3.8) is 0 Å². The number of aromatic nitrogens is 1. The second-order valence-corrected chi connectivity index (χ2v) is 9.68. The summed E-state index contributed by atoms with van der Waals surface area (Å²) in [7, 11) is -0.621. The summed E-state index contributed by atoms with van der Waals surface area (Å²) >= 11 is 1.38. The second kappa shape index (κ2) is 7.46. The summed E-state index contributed by atoms with van der Waals surface area (Å²) in [5.41, 5.74) is 0.569. The van der Waals surface area contributed by atoms with E-state index < -0.39 is 32.4 Å². The van der Waals surface area contributed by atoms with Crippen molar-refractivity contribution < 1.29 is 21.6 Å². The standard InChI is InChI=1S/C19H19F3N2O2S2/c1-11-19(27-12(2)23(3)4)15-9-13(20)5-7-17(15)24(11)28(25,26)18-8-6-14(21)10-16(18)22/h5-10,12H,1-4H3. The molecule has 0 fully saturated rings. The van der Waals surface area contributed by atoms with Gasteiger partial charge in [-0.15, -0.1) is 11.8 Å². The van der Waals surface area contributed by atoms with Crippen LogP contribution in [0.1, 0.15) is 12.6 Å². The quantitative estimate of drug-likeness (QED) is 0.440. The number of rotatable bonds is 5. The van der Waals surface area contributed by atoms with Crippen molar-refractivity contribution >= 4 is 32.7 Å². The molecule has 0 saturated carbocycles. The van der Waals surface area contributed by atoms with Crippen LogP contribution >= 0.6 is 11.8 Å². The highest BCUT2D eigenvalue weighted by Gasteiger charge is 2.28. The highest BCUT2D eigenvalue weighted by molar-refractivity contribution is 8.00. The van der Waals surface area contributed by atoms with Crippen LogP contribution in [0.4, 0.5) is 13.2 Å². The first-order valence-electron chi connectivity index (χ1n) is 8.38. The Hall–Kier alpha value is -1.97. The third kappa shape index (κ3) is 3.54. The fourth-order valence-corrected chi connectivity index (χ4v) is 5.63. The van der Waals surface area contributed by atoms with Crippen molar-refractivity contribution in [3.05, 3.63) is 59.5 Å². The largest absolute Gasteiger partial charge is 0.298 e. The van der Waals surface area contributed by atoms with E-state index >= 15 is 0 Å². The highest BCUT2D eigenvalue weighted by Crippen LogP contribution is 2.39. The molecule has 28 heavy (non-hydrogen) atoms. The average Bonchev–Trinajstić information content (AvgIpc) is 2.86. The minimum Gasteiger partial charge on any atom is -0.298 e. The van der Waals surface area contributed by atoms with Gasteiger partial charge in [-0.25, -0.2) is 25.6 Å². The van der Waals surface area contributed by atoms with E-state index in [0.29, 0.717) is 22.0 Å². The summed E-state index contributed by atoms with van der Waals surface area (Å²) < 4.78 is 68.8. The molecule has 150 valence electrons. The molecule has 9 heteroatoms. The predicted octanol–water partition coefficient (Wildman–Crippen LogP) is 4.60. The Morgan fingerprint density at radius 2 is 1.64 bits per heavy atom. The van der Waals surface area contributed by atoms with Crippen LogP contribution in [0.5, 0.6) is 0 Å². The fraction of sp³-hybridized carbons (Fsp3) is 0.263. The lowest BCUT2D eigenvalue weighted by Gasteiger charge is -2.19. The van der Waals surface area contributed by atoms with Gasteiger partial charge in [0.2, 0.25) is 0 Å². The second-order valence-electron chi connectivity index (χ2n) is 6.60. The van der Waals surface area contributed by atoms with Gasteiger partial charge < -0.3 is 0 Å². The highest BCUT2D eigenvalue weighted by atomic mass is 32.2. The number of halogens is 3. The van der Waals surface area contributed by atoms with Gasteiger partial charge in [-0.3, -0.25) is 4.90 Å². The molecule has 0 aliphatic heterocycles.